The first-order chi connectivity index (χ1) is 28.9. The van der Waals surface area contributed by atoms with Crippen molar-refractivity contribution >= 4 is 18.4 Å². The number of halogens is 39. The van der Waals surface area contributed by atoms with Crippen molar-refractivity contribution in [3.8, 4) is 0 Å². The first-order valence-electron chi connectivity index (χ1n) is 16.0. The summed E-state index contributed by atoms with van der Waals surface area (Å²) in [5.41, 5.74) is 0. The Morgan fingerprint density at radius 3 is 0.544 bits per heavy atom. The predicted molar refractivity (Wildman–Crippen MR) is 143 cm³/mol. The number of aliphatic hydroxyl groups excluding tert-OH is 1. The summed E-state index contributed by atoms with van der Waals surface area (Å²) in [6.45, 7) is -0.401. The van der Waals surface area contributed by atoms with E-state index in [1.807, 2.05) is 0 Å². The van der Waals surface area contributed by atoms with Gasteiger partial charge in [-0.15, -0.1) is 0 Å². The first-order valence-corrected chi connectivity index (χ1v) is 23.5. The molecule has 0 aliphatic heterocycles. The number of rotatable bonds is 23. The number of aliphatic hydroxyl groups is 1. The van der Waals surface area contributed by atoms with Gasteiger partial charge in [-0.25, -0.2) is 0 Å². The van der Waals surface area contributed by atoms with Crippen LogP contribution in [-0.2, 0) is 0 Å². The van der Waals surface area contributed by atoms with Gasteiger partial charge >= 0.3 is 351 Å². The zero-order chi connectivity index (χ0) is 56.0. The Bertz CT molecular complexity index is 1570. The van der Waals surface area contributed by atoms with Crippen LogP contribution in [-0.4, -0.2) is 137 Å². The molecule has 0 atom stereocenters. The van der Waals surface area contributed by atoms with E-state index < -0.39 is 169 Å². The van der Waals surface area contributed by atoms with Crippen LogP contribution in [0.2, 0.25) is 13.3 Å². The Balaban J connectivity index is 8.18. The van der Waals surface area contributed by atoms with Crippen molar-refractivity contribution < 1.29 is 176 Å². The molecule has 0 fully saturated rings. The number of alkyl halides is 39. The van der Waals surface area contributed by atoms with E-state index in [9.17, 15) is 176 Å². The molecule has 0 rings (SSSR count). The van der Waals surface area contributed by atoms with Gasteiger partial charge in [-0.1, -0.05) is 0 Å². The average Bonchev–Trinajstić information content (AvgIpc) is 3.11. The molecule has 0 unspecified atom stereocenters. The third-order valence-corrected chi connectivity index (χ3v) is 24.8. The quantitative estimate of drug-likeness (QED) is 0.0799. The predicted octanol–water partition coefficient (Wildman–Crippen LogP) is 14.9. The second kappa shape index (κ2) is 17.8. The summed E-state index contributed by atoms with van der Waals surface area (Å²) in [5, 5.41) is 9.36. The molecular formula is C27H17F39OSn. The molecule has 0 bridgehead atoms. The molecule has 1 N–H and O–H groups in total. The Labute approximate surface area is 351 Å². The molecule has 0 aliphatic carbocycles. The molecule has 0 amide bonds. The summed E-state index contributed by atoms with van der Waals surface area (Å²) in [4.78, 5) is 0. The van der Waals surface area contributed by atoms with E-state index in [0.29, 0.717) is 0 Å². The van der Waals surface area contributed by atoms with Gasteiger partial charge < -0.3 is 0 Å². The van der Waals surface area contributed by atoms with E-state index in [-0.39, 0.29) is 0 Å². The van der Waals surface area contributed by atoms with E-state index in [1.54, 1.807) is 0 Å². The maximum absolute atomic E-state index is 14.8. The molecule has 0 radical (unpaired) electrons. The summed E-state index contributed by atoms with van der Waals surface area (Å²) < 4.78 is 520. The Hall–Kier alpha value is -2.23. The van der Waals surface area contributed by atoms with Crippen molar-refractivity contribution in [3.05, 3.63) is 10.2 Å². The van der Waals surface area contributed by atoms with Crippen LogP contribution < -0.4 is 0 Å². The van der Waals surface area contributed by atoms with Gasteiger partial charge in [0.25, 0.3) is 0 Å². The van der Waals surface area contributed by atoms with Crippen LogP contribution in [0, 0.1) is 0 Å². The first kappa shape index (κ1) is 65.8. The molecule has 0 aliphatic rings. The van der Waals surface area contributed by atoms with Crippen LogP contribution in [0.5, 0.6) is 0 Å². The number of hydrogen-bond acceptors (Lipinski definition) is 1. The van der Waals surface area contributed by atoms with Gasteiger partial charge in [-0.3, -0.25) is 0 Å². The van der Waals surface area contributed by atoms with Crippen molar-refractivity contribution in [2.75, 3.05) is 6.61 Å². The van der Waals surface area contributed by atoms with Gasteiger partial charge in [-0.05, 0) is 0 Å². The minimum atomic E-state index is -8.90. The van der Waals surface area contributed by atoms with Crippen molar-refractivity contribution in [1.82, 2.24) is 0 Å². The van der Waals surface area contributed by atoms with Crippen molar-refractivity contribution in [2.24, 2.45) is 0 Å². The van der Waals surface area contributed by atoms with Gasteiger partial charge in [0.1, 0.15) is 0 Å². The fourth-order valence-corrected chi connectivity index (χ4v) is 18.0. The van der Waals surface area contributed by atoms with Gasteiger partial charge in [0, 0.05) is 0 Å². The molecule has 0 aromatic rings. The molecule has 1 nitrogen and oxygen atoms in total. The topological polar surface area (TPSA) is 20.2 Å². The monoisotopic (exact) mass is 1220 g/mol. The minimum absolute atomic E-state index is 2.25. The Morgan fingerprint density at radius 2 is 0.412 bits per heavy atom. The fourth-order valence-electron chi connectivity index (χ4n) is 5.14. The zero-order valence-corrected chi connectivity index (χ0v) is 33.7. The van der Waals surface area contributed by atoms with E-state index in [2.05, 4.69) is 6.58 Å². The van der Waals surface area contributed by atoms with Crippen LogP contribution >= 0.6 is 0 Å². The van der Waals surface area contributed by atoms with Crippen LogP contribution in [0.4, 0.5) is 171 Å². The van der Waals surface area contributed by atoms with Crippen molar-refractivity contribution in [3.63, 3.8) is 0 Å². The fraction of sp³-hybridized carbons (Fsp3) is 0.926. The summed E-state index contributed by atoms with van der Waals surface area (Å²) in [6, 6.07) is 0. The van der Waals surface area contributed by atoms with Crippen LogP contribution in [0.15, 0.2) is 10.2 Å². The SMILES string of the molecule is C=[C](CO)[Sn]([CH2]CC(F)(F)C(F)(F)C(F)(F)C(F)(F)C(F)(F)C(F)(F)F)([CH2]CC(F)(F)C(F)(F)C(F)(F)C(F)(F)C(F)(F)C(F)(F)F)[CH2]CC(F)(F)C(F)(F)C(F)(F)C(F)(F)C(F)(F)C(F)(F)F. The van der Waals surface area contributed by atoms with Crippen LogP contribution in [0.25, 0.3) is 0 Å². The summed E-state index contributed by atoms with van der Waals surface area (Å²) >= 11 is -8.27. The molecule has 0 heterocycles. The standard InChI is InChI=1S/3C8H4F13.C3H5O.Sn/c3*1-2-3(9,10)4(11,12)5(13,14)6(15,16)7(17,18)8(19,20)21;1-2-3-4;/h3*1-2H2;4H,1,3H2;. The van der Waals surface area contributed by atoms with Gasteiger partial charge in [0.05, 0.1) is 0 Å². The normalized spacial score (nSPS) is 16.7. The molecule has 408 valence electrons. The van der Waals surface area contributed by atoms with Gasteiger partial charge in [-0.2, -0.15) is 0 Å². The average molecular weight is 1220 g/mol. The van der Waals surface area contributed by atoms with Crippen molar-refractivity contribution in [2.45, 2.75) is 140 Å². The van der Waals surface area contributed by atoms with E-state index in [0.717, 1.165) is 0 Å². The molecule has 0 saturated carbocycles. The third-order valence-electron chi connectivity index (χ3n) is 9.69. The van der Waals surface area contributed by atoms with Crippen LogP contribution in [0.1, 0.15) is 19.3 Å². The zero-order valence-electron chi connectivity index (χ0n) is 30.8. The van der Waals surface area contributed by atoms with Crippen LogP contribution in [0.3, 0.4) is 0 Å². The summed E-state index contributed by atoms with van der Waals surface area (Å²) in [6.07, 6.45) is -36.8. The van der Waals surface area contributed by atoms with E-state index in [1.165, 1.54) is 0 Å². The molecular weight excluding hydrogens is 1200 g/mol. The Kier molecular flexibility index (Phi) is 17.2. The molecule has 41 heteroatoms. The van der Waals surface area contributed by atoms with Crippen molar-refractivity contribution in [1.29, 1.82) is 0 Å². The molecule has 0 aromatic carbocycles. The Morgan fingerprint density at radius 1 is 0.265 bits per heavy atom. The molecule has 0 spiro atoms. The molecule has 0 saturated heterocycles. The van der Waals surface area contributed by atoms with E-state index >= 15 is 0 Å². The van der Waals surface area contributed by atoms with Gasteiger partial charge in [0.15, 0.2) is 0 Å². The summed E-state index contributed by atoms with van der Waals surface area (Å²) in [5.74, 6) is -128. The van der Waals surface area contributed by atoms with E-state index in [4.69, 9.17) is 0 Å². The second-order valence-corrected chi connectivity index (χ2v) is 27.6. The third kappa shape index (κ3) is 9.60. The second-order valence-electron chi connectivity index (χ2n) is 14.0. The maximum atomic E-state index is 14.8. The molecule has 68 heavy (non-hydrogen) atoms. The number of hydrogen-bond donors (Lipinski definition) is 1. The van der Waals surface area contributed by atoms with Gasteiger partial charge in [0.2, 0.25) is 0 Å². The summed E-state index contributed by atoms with van der Waals surface area (Å²) in [7, 11) is 0. The molecule has 0 aromatic heterocycles.